The maximum atomic E-state index is 5.47. The molecule has 0 fully saturated rings. The van der Waals surface area contributed by atoms with Crippen LogP contribution < -0.4 is 10.6 Å². The van der Waals surface area contributed by atoms with E-state index in [1.165, 1.54) is 0 Å². The molecule has 0 amide bonds. The van der Waals surface area contributed by atoms with E-state index in [9.17, 15) is 0 Å². The minimum atomic E-state index is 0.469. The van der Waals surface area contributed by atoms with Crippen molar-refractivity contribution in [2.24, 2.45) is 5.92 Å². The van der Waals surface area contributed by atoms with Crippen molar-refractivity contribution in [1.29, 1.82) is 0 Å². The van der Waals surface area contributed by atoms with Crippen LogP contribution in [0.2, 0.25) is 0 Å². The monoisotopic (exact) mass is 281 g/mol. The lowest BCUT2D eigenvalue weighted by Crippen LogP contribution is -2.19. The second-order valence-corrected chi connectivity index (χ2v) is 5.40. The number of nitrogens with one attached hydrogen (secondary N) is 2. The van der Waals surface area contributed by atoms with Gasteiger partial charge in [0.1, 0.15) is 0 Å². The average molecular weight is 281 g/mol. The Morgan fingerprint density at radius 1 is 1.37 bits per heavy atom. The number of rotatable bonds is 8. The molecule has 0 aromatic carbocycles. The molecule has 0 saturated heterocycles. The molecule has 0 bridgehead atoms. The summed E-state index contributed by atoms with van der Waals surface area (Å²) < 4.78 is 5.47. The number of anilines is 1. The van der Waals surface area contributed by atoms with Crippen molar-refractivity contribution in [2.45, 2.75) is 26.8 Å². The highest BCUT2D eigenvalue weighted by Crippen LogP contribution is 2.06. The van der Waals surface area contributed by atoms with Gasteiger partial charge >= 0.3 is 6.01 Å². The van der Waals surface area contributed by atoms with Gasteiger partial charge in [0.2, 0.25) is 5.89 Å². The summed E-state index contributed by atoms with van der Waals surface area (Å²) in [6.45, 7) is 6.61. The number of hydrogen-bond donors (Lipinski definition) is 2. The van der Waals surface area contributed by atoms with Crippen LogP contribution in [0, 0.1) is 5.92 Å². The molecular weight excluding hydrogens is 262 g/mol. The molecule has 0 saturated carbocycles. The second-order valence-electron chi connectivity index (χ2n) is 4.68. The normalized spacial score (nSPS) is 11.1. The first-order valence-electron chi connectivity index (χ1n) is 6.38. The van der Waals surface area contributed by atoms with Crippen molar-refractivity contribution in [2.75, 3.05) is 18.4 Å². The quantitative estimate of drug-likeness (QED) is 0.770. The molecule has 2 rings (SSSR count). The van der Waals surface area contributed by atoms with E-state index in [1.807, 2.05) is 10.9 Å². The van der Waals surface area contributed by atoms with E-state index in [1.54, 1.807) is 11.3 Å². The van der Waals surface area contributed by atoms with Gasteiger partial charge in [-0.1, -0.05) is 18.9 Å². The van der Waals surface area contributed by atoms with Crippen molar-refractivity contribution in [3.63, 3.8) is 0 Å². The van der Waals surface area contributed by atoms with E-state index >= 15 is 0 Å². The predicted octanol–water partition coefficient (Wildman–Crippen LogP) is 1.93. The fourth-order valence-corrected chi connectivity index (χ4v) is 2.12. The van der Waals surface area contributed by atoms with E-state index in [-0.39, 0.29) is 0 Å². The first-order valence-corrected chi connectivity index (χ1v) is 7.32. The van der Waals surface area contributed by atoms with Crippen LogP contribution in [-0.2, 0) is 13.0 Å². The molecule has 0 aliphatic rings. The number of hydrogen-bond acceptors (Lipinski definition) is 7. The molecule has 2 N–H and O–H groups in total. The highest BCUT2D eigenvalue weighted by atomic mass is 32.1. The lowest BCUT2D eigenvalue weighted by molar-refractivity contribution is 0.458. The highest BCUT2D eigenvalue weighted by Gasteiger charge is 2.05. The molecule has 2 aromatic heterocycles. The summed E-state index contributed by atoms with van der Waals surface area (Å²) in [4.78, 5) is 4.21. The first kappa shape index (κ1) is 14.0. The van der Waals surface area contributed by atoms with Crippen molar-refractivity contribution in [3.8, 4) is 0 Å². The fraction of sp³-hybridized carbons (Fsp3) is 0.583. The third-order valence-electron chi connectivity index (χ3n) is 2.44. The van der Waals surface area contributed by atoms with Gasteiger partial charge in [0, 0.05) is 18.3 Å². The van der Waals surface area contributed by atoms with E-state index in [2.05, 4.69) is 39.7 Å². The largest absolute Gasteiger partial charge is 0.407 e. The van der Waals surface area contributed by atoms with Crippen LogP contribution in [0.4, 0.5) is 6.01 Å². The van der Waals surface area contributed by atoms with Crippen LogP contribution in [0.3, 0.4) is 0 Å². The van der Waals surface area contributed by atoms with Crippen LogP contribution >= 0.6 is 11.3 Å². The smallest absolute Gasteiger partial charge is 0.315 e. The Morgan fingerprint density at radius 3 is 3.00 bits per heavy atom. The van der Waals surface area contributed by atoms with E-state index in [0.29, 0.717) is 24.4 Å². The van der Waals surface area contributed by atoms with Gasteiger partial charge in [0.15, 0.2) is 0 Å². The molecule has 19 heavy (non-hydrogen) atoms. The van der Waals surface area contributed by atoms with Gasteiger partial charge in [-0.15, -0.1) is 16.4 Å². The fourth-order valence-electron chi connectivity index (χ4n) is 1.52. The van der Waals surface area contributed by atoms with E-state index in [4.69, 9.17) is 4.42 Å². The molecule has 104 valence electrons. The molecule has 6 nitrogen and oxygen atoms in total. The van der Waals surface area contributed by atoms with Gasteiger partial charge in [-0.25, -0.2) is 4.98 Å². The average Bonchev–Trinajstić information content (AvgIpc) is 3.00. The van der Waals surface area contributed by atoms with Crippen molar-refractivity contribution in [1.82, 2.24) is 20.5 Å². The van der Waals surface area contributed by atoms with Crippen molar-refractivity contribution >= 4 is 17.4 Å². The Bertz CT molecular complexity index is 468. The molecular formula is C12H19N5OS. The maximum Gasteiger partial charge on any atom is 0.315 e. The van der Waals surface area contributed by atoms with Crippen LogP contribution in [0.5, 0.6) is 0 Å². The summed E-state index contributed by atoms with van der Waals surface area (Å²) >= 11 is 1.60. The van der Waals surface area contributed by atoms with Crippen LogP contribution in [0.15, 0.2) is 15.3 Å². The van der Waals surface area contributed by atoms with Gasteiger partial charge < -0.3 is 15.1 Å². The zero-order chi connectivity index (χ0) is 13.5. The maximum absolute atomic E-state index is 5.47. The summed E-state index contributed by atoms with van der Waals surface area (Å²) in [5.74, 6) is 1.22. The van der Waals surface area contributed by atoms with E-state index in [0.717, 1.165) is 25.2 Å². The summed E-state index contributed by atoms with van der Waals surface area (Å²) in [5, 5.41) is 16.3. The molecule has 0 radical (unpaired) electrons. The number of nitrogens with zero attached hydrogens (tertiary/aromatic N) is 3. The van der Waals surface area contributed by atoms with Gasteiger partial charge in [-0.2, -0.15) is 0 Å². The molecule has 0 spiro atoms. The Balaban J connectivity index is 1.68. The van der Waals surface area contributed by atoms with Crippen LogP contribution in [0.1, 0.15) is 25.4 Å². The molecule has 2 heterocycles. The lowest BCUT2D eigenvalue weighted by Gasteiger charge is -2.03. The summed E-state index contributed by atoms with van der Waals surface area (Å²) in [6, 6.07) is 0.469. The zero-order valence-electron chi connectivity index (χ0n) is 11.2. The van der Waals surface area contributed by atoms with Gasteiger partial charge in [-0.05, 0) is 12.5 Å². The summed E-state index contributed by atoms with van der Waals surface area (Å²) in [7, 11) is 0. The molecule has 0 atom stereocenters. The second kappa shape index (κ2) is 7.20. The lowest BCUT2D eigenvalue weighted by atomic mass is 10.2. The Hall–Kier alpha value is -1.47. The molecule has 7 heteroatoms. The van der Waals surface area contributed by atoms with Crippen molar-refractivity contribution in [3.05, 3.63) is 22.5 Å². The van der Waals surface area contributed by atoms with Crippen LogP contribution in [0.25, 0.3) is 0 Å². The van der Waals surface area contributed by atoms with Crippen molar-refractivity contribution < 1.29 is 4.42 Å². The first-order chi connectivity index (χ1) is 9.24. The Morgan fingerprint density at radius 2 is 2.26 bits per heavy atom. The minimum absolute atomic E-state index is 0.469. The standard InChI is InChI=1S/C12H19N5OS/c1-9(2)5-13-6-11-16-17-12(18-11)14-4-3-10-7-19-8-15-10/h7-9,13H,3-6H2,1-2H3,(H,14,17). The minimum Gasteiger partial charge on any atom is -0.407 e. The Labute approximate surface area is 116 Å². The van der Waals surface area contributed by atoms with Gasteiger partial charge in [-0.3, -0.25) is 0 Å². The molecule has 0 unspecified atom stereocenters. The summed E-state index contributed by atoms with van der Waals surface area (Å²) in [6.07, 6.45) is 0.854. The predicted molar refractivity (Wildman–Crippen MR) is 75.2 cm³/mol. The zero-order valence-corrected chi connectivity index (χ0v) is 12.0. The van der Waals surface area contributed by atoms with Gasteiger partial charge in [0.05, 0.1) is 17.7 Å². The SMILES string of the molecule is CC(C)CNCc1nnc(NCCc2cscn2)o1. The number of thiazole rings is 1. The summed E-state index contributed by atoms with van der Waals surface area (Å²) in [5.41, 5.74) is 2.91. The topological polar surface area (TPSA) is 75.9 Å². The third kappa shape index (κ3) is 4.96. The third-order valence-corrected chi connectivity index (χ3v) is 3.07. The molecule has 0 aliphatic carbocycles. The Kier molecular flexibility index (Phi) is 5.29. The van der Waals surface area contributed by atoms with Gasteiger partial charge in [0.25, 0.3) is 0 Å². The van der Waals surface area contributed by atoms with E-state index < -0.39 is 0 Å². The highest BCUT2D eigenvalue weighted by molar-refractivity contribution is 7.07. The van der Waals surface area contributed by atoms with Crippen LogP contribution in [-0.4, -0.2) is 28.3 Å². The number of aromatic nitrogens is 3. The molecule has 0 aliphatic heterocycles. The molecule has 2 aromatic rings.